The minimum atomic E-state index is -0.297. The smallest absolute Gasteiger partial charge is 0.276 e. The second-order valence-electron chi connectivity index (χ2n) is 5.57. The van der Waals surface area contributed by atoms with Crippen LogP contribution in [0.2, 0.25) is 5.02 Å². The van der Waals surface area contributed by atoms with Crippen LogP contribution in [-0.2, 0) is 0 Å². The molecule has 0 aliphatic carbocycles. The number of para-hydroxylation sites is 1. The predicted octanol–water partition coefficient (Wildman–Crippen LogP) is 4.03. The maximum Gasteiger partial charge on any atom is 0.276 e. The average Bonchev–Trinajstić information content (AvgIpc) is 3.07. The van der Waals surface area contributed by atoms with E-state index in [9.17, 15) is 4.79 Å². The van der Waals surface area contributed by atoms with Crippen molar-refractivity contribution in [3.8, 4) is 11.4 Å². The number of hydrogen-bond donors (Lipinski definition) is 1. The molecule has 0 saturated carbocycles. The molecule has 1 heterocycles. The molecule has 2 aromatic carbocycles. The molecule has 0 aliphatic heterocycles. The lowest BCUT2D eigenvalue weighted by atomic mass is 10.1. The zero-order chi connectivity index (χ0) is 17.8. The van der Waals surface area contributed by atoms with Crippen LogP contribution in [0.1, 0.15) is 29.0 Å². The first-order valence-corrected chi connectivity index (χ1v) is 8.21. The zero-order valence-electron chi connectivity index (χ0n) is 13.9. The third kappa shape index (κ3) is 3.83. The largest absolute Gasteiger partial charge is 0.493 e. The number of methoxy groups -OCH3 is 1. The molecule has 0 radical (unpaired) electrons. The third-order valence-corrected chi connectivity index (χ3v) is 4.11. The Morgan fingerprint density at radius 1 is 1.16 bits per heavy atom. The summed E-state index contributed by atoms with van der Waals surface area (Å²) in [6, 6.07) is 16.7. The van der Waals surface area contributed by atoms with Gasteiger partial charge in [0.15, 0.2) is 11.4 Å². The highest BCUT2D eigenvalue weighted by Crippen LogP contribution is 2.21. The van der Waals surface area contributed by atoms with Gasteiger partial charge in [0.2, 0.25) is 0 Å². The Hall–Kier alpha value is -2.79. The van der Waals surface area contributed by atoms with Crippen LogP contribution in [0.15, 0.2) is 60.8 Å². The molecular weight excluding hydrogens is 338 g/mol. The number of halogens is 1. The number of aromatic nitrogens is 2. The molecule has 3 rings (SSSR count). The normalized spacial score (nSPS) is 11.8. The highest BCUT2D eigenvalue weighted by Gasteiger charge is 2.20. The number of carbonyl (C=O) groups is 1. The molecule has 25 heavy (non-hydrogen) atoms. The van der Waals surface area contributed by atoms with E-state index < -0.39 is 0 Å². The van der Waals surface area contributed by atoms with E-state index in [4.69, 9.17) is 16.3 Å². The lowest BCUT2D eigenvalue weighted by molar-refractivity contribution is 0.0931. The first-order valence-electron chi connectivity index (χ1n) is 7.84. The van der Waals surface area contributed by atoms with Crippen molar-refractivity contribution in [2.24, 2.45) is 0 Å². The van der Waals surface area contributed by atoms with Crippen molar-refractivity contribution in [3.63, 3.8) is 0 Å². The number of nitrogens with zero attached hydrogens (tertiary/aromatic N) is 2. The summed E-state index contributed by atoms with van der Waals surface area (Å²) in [4.78, 5) is 12.6. The molecule has 0 fully saturated rings. The number of rotatable bonds is 5. The second kappa shape index (κ2) is 7.40. The Balaban J connectivity index is 1.82. The quantitative estimate of drug-likeness (QED) is 0.751. The summed E-state index contributed by atoms with van der Waals surface area (Å²) in [6.07, 6.45) is 1.69. The molecule has 0 spiro atoms. The van der Waals surface area contributed by atoms with Crippen molar-refractivity contribution < 1.29 is 9.53 Å². The average molecular weight is 356 g/mol. The van der Waals surface area contributed by atoms with E-state index in [1.165, 1.54) is 7.11 Å². The van der Waals surface area contributed by atoms with Crippen LogP contribution in [0.25, 0.3) is 5.69 Å². The fourth-order valence-corrected chi connectivity index (χ4v) is 2.60. The molecule has 3 aromatic rings. The summed E-state index contributed by atoms with van der Waals surface area (Å²) in [5, 5.41) is 7.96. The van der Waals surface area contributed by atoms with Crippen LogP contribution < -0.4 is 10.1 Å². The zero-order valence-corrected chi connectivity index (χ0v) is 14.7. The fraction of sp³-hybridized carbons (Fsp3) is 0.158. The fourth-order valence-electron chi connectivity index (χ4n) is 2.48. The number of amides is 1. The van der Waals surface area contributed by atoms with E-state index in [0.29, 0.717) is 10.8 Å². The monoisotopic (exact) mass is 355 g/mol. The highest BCUT2D eigenvalue weighted by molar-refractivity contribution is 6.30. The number of ether oxygens (including phenoxy) is 1. The van der Waals surface area contributed by atoms with E-state index in [1.54, 1.807) is 23.0 Å². The van der Waals surface area contributed by atoms with Crippen molar-refractivity contribution >= 4 is 17.5 Å². The number of nitrogens with one attached hydrogen (secondary N) is 1. The van der Waals surface area contributed by atoms with Gasteiger partial charge in [-0.3, -0.25) is 4.79 Å². The van der Waals surface area contributed by atoms with E-state index in [2.05, 4.69) is 10.4 Å². The van der Waals surface area contributed by atoms with Gasteiger partial charge in [0, 0.05) is 5.02 Å². The lowest BCUT2D eigenvalue weighted by Crippen LogP contribution is -2.27. The van der Waals surface area contributed by atoms with Crippen molar-refractivity contribution in [3.05, 3.63) is 77.1 Å². The highest BCUT2D eigenvalue weighted by atomic mass is 35.5. The SMILES string of the molecule is COc1cn(-c2ccccc2)nc1C(=O)NC(C)c1ccc(Cl)cc1. The molecule has 5 nitrogen and oxygen atoms in total. The summed E-state index contributed by atoms with van der Waals surface area (Å²) >= 11 is 5.90. The van der Waals surface area contributed by atoms with Crippen LogP contribution in [0, 0.1) is 0 Å². The Bertz CT molecular complexity index is 860. The Morgan fingerprint density at radius 3 is 2.48 bits per heavy atom. The standard InChI is InChI=1S/C19H18ClN3O2/c1-13(14-8-10-15(20)11-9-14)21-19(24)18-17(25-2)12-23(22-18)16-6-4-3-5-7-16/h3-13H,1-2H3,(H,21,24). The molecule has 0 aliphatic rings. The molecule has 1 N–H and O–H groups in total. The summed E-state index contributed by atoms with van der Waals surface area (Å²) in [5.74, 6) is 0.124. The van der Waals surface area contributed by atoms with Gasteiger partial charge in [-0.1, -0.05) is 41.9 Å². The number of carbonyl (C=O) groups excluding carboxylic acids is 1. The van der Waals surface area contributed by atoms with Crippen LogP contribution in [0.3, 0.4) is 0 Å². The maximum absolute atomic E-state index is 12.6. The van der Waals surface area contributed by atoms with Gasteiger partial charge in [-0.05, 0) is 36.8 Å². The molecule has 0 saturated heterocycles. The van der Waals surface area contributed by atoms with Crippen LogP contribution in [-0.4, -0.2) is 22.8 Å². The topological polar surface area (TPSA) is 56.2 Å². The van der Waals surface area contributed by atoms with Gasteiger partial charge in [-0.2, -0.15) is 5.10 Å². The number of hydrogen-bond acceptors (Lipinski definition) is 3. The van der Waals surface area contributed by atoms with Crippen LogP contribution in [0.4, 0.5) is 0 Å². The molecule has 0 bridgehead atoms. The van der Waals surface area contributed by atoms with Crippen molar-refractivity contribution in [2.45, 2.75) is 13.0 Å². The summed E-state index contributed by atoms with van der Waals surface area (Å²) < 4.78 is 6.94. The summed E-state index contributed by atoms with van der Waals surface area (Å²) in [6.45, 7) is 1.90. The molecule has 1 aromatic heterocycles. The predicted molar refractivity (Wildman–Crippen MR) is 97.4 cm³/mol. The summed E-state index contributed by atoms with van der Waals surface area (Å²) in [5.41, 5.74) is 2.05. The molecule has 6 heteroatoms. The minimum Gasteiger partial charge on any atom is -0.493 e. The molecule has 1 unspecified atom stereocenters. The van der Waals surface area contributed by atoms with Gasteiger partial charge in [0.1, 0.15) is 0 Å². The molecule has 1 atom stereocenters. The van der Waals surface area contributed by atoms with Crippen molar-refractivity contribution in [1.82, 2.24) is 15.1 Å². The lowest BCUT2D eigenvalue weighted by Gasteiger charge is -2.14. The van der Waals surface area contributed by atoms with E-state index in [0.717, 1.165) is 11.3 Å². The molecule has 128 valence electrons. The van der Waals surface area contributed by atoms with Crippen LogP contribution in [0.5, 0.6) is 5.75 Å². The van der Waals surface area contributed by atoms with Crippen molar-refractivity contribution in [1.29, 1.82) is 0 Å². The van der Waals surface area contributed by atoms with Gasteiger partial charge >= 0.3 is 0 Å². The Morgan fingerprint density at radius 2 is 1.84 bits per heavy atom. The first kappa shape index (κ1) is 17.0. The van der Waals surface area contributed by atoms with Gasteiger partial charge in [0.05, 0.1) is 25.0 Å². The first-order chi connectivity index (χ1) is 12.1. The van der Waals surface area contributed by atoms with Gasteiger partial charge in [-0.15, -0.1) is 0 Å². The minimum absolute atomic E-state index is 0.184. The molecule has 1 amide bonds. The summed E-state index contributed by atoms with van der Waals surface area (Å²) in [7, 11) is 1.52. The Labute approximate surface area is 151 Å². The van der Waals surface area contributed by atoms with Gasteiger partial charge in [-0.25, -0.2) is 4.68 Å². The molecular formula is C19H18ClN3O2. The third-order valence-electron chi connectivity index (χ3n) is 3.85. The van der Waals surface area contributed by atoms with E-state index in [-0.39, 0.29) is 17.6 Å². The van der Waals surface area contributed by atoms with Crippen molar-refractivity contribution in [2.75, 3.05) is 7.11 Å². The van der Waals surface area contributed by atoms with Gasteiger partial charge in [0.25, 0.3) is 5.91 Å². The van der Waals surface area contributed by atoms with Gasteiger partial charge < -0.3 is 10.1 Å². The Kier molecular flexibility index (Phi) is 5.05. The second-order valence-corrected chi connectivity index (χ2v) is 6.01. The van der Waals surface area contributed by atoms with E-state index in [1.807, 2.05) is 49.4 Å². The van der Waals surface area contributed by atoms with E-state index >= 15 is 0 Å². The number of benzene rings is 2. The maximum atomic E-state index is 12.6. The van der Waals surface area contributed by atoms with Crippen LogP contribution >= 0.6 is 11.6 Å².